The third-order valence-electron chi connectivity index (χ3n) is 4.85. The molecular formula is C21H24FNO4. The summed E-state index contributed by atoms with van der Waals surface area (Å²) < 4.78 is 24.5. The number of nitrogens with zero attached hydrogens (tertiary/aromatic N) is 1. The van der Waals surface area contributed by atoms with E-state index in [1.54, 1.807) is 11.0 Å². The van der Waals surface area contributed by atoms with Crippen molar-refractivity contribution in [2.45, 2.75) is 24.9 Å². The molecule has 0 spiro atoms. The Morgan fingerprint density at radius 2 is 1.96 bits per heavy atom. The van der Waals surface area contributed by atoms with E-state index in [9.17, 15) is 14.3 Å². The molecule has 1 aliphatic rings. The van der Waals surface area contributed by atoms with Crippen LogP contribution in [0.25, 0.3) is 0 Å². The fourth-order valence-electron chi connectivity index (χ4n) is 3.24. The molecule has 0 bridgehead atoms. The van der Waals surface area contributed by atoms with Gasteiger partial charge in [0.15, 0.2) is 11.6 Å². The van der Waals surface area contributed by atoms with E-state index in [1.165, 1.54) is 19.2 Å². The van der Waals surface area contributed by atoms with Crippen molar-refractivity contribution in [2.24, 2.45) is 0 Å². The highest BCUT2D eigenvalue weighted by molar-refractivity contribution is 5.94. The molecule has 1 N–H and O–H groups in total. The van der Waals surface area contributed by atoms with E-state index >= 15 is 0 Å². The molecule has 2 aromatic rings. The average Bonchev–Trinajstić information content (AvgIpc) is 2.89. The zero-order valence-electron chi connectivity index (χ0n) is 15.4. The molecule has 2 aromatic carbocycles. The molecule has 1 heterocycles. The summed E-state index contributed by atoms with van der Waals surface area (Å²) in [7, 11) is 1.38. The molecule has 144 valence electrons. The van der Waals surface area contributed by atoms with Gasteiger partial charge in [-0.15, -0.1) is 0 Å². The normalized spacial score (nSPS) is 20.0. The molecule has 3 rings (SSSR count). The van der Waals surface area contributed by atoms with Gasteiger partial charge in [0.1, 0.15) is 18.0 Å². The molecule has 0 saturated carbocycles. The number of amides is 1. The van der Waals surface area contributed by atoms with E-state index in [-0.39, 0.29) is 23.8 Å². The minimum Gasteiger partial charge on any atom is -0.494 e. The van der Waals surface area contributed by atoms with E-state index in [0.29, 0.717) is 38.1 Å². The number of aliphatic hydroxyl groups is 1. The number of hydrogen-bond donors (Lipinski definition) is 1. The Morgan fingerprint density at radius 3 is 2.67 bits per heavy atom. The van der Waals surface area contributed by atoms with Gasteiger partial charge in [-0.3, -0.25) is 4.79 Å². The van der Waals surface area contributed by atoms with Crippen LogP contribution in [0, 0.1) is 5.82 Å². The Morgan fingerprint density at radius 1 is 1.19 bits per heavy atom. The molecule has 0 aliphatic carbocycles. The van der Waals surface area contributed by atoms with Crippen LogP contribution in [0.15, 0.2) is 48.5 Å². The monoisotopic (exact) mass is 373 g/mol. The number of para-hydroxylation sites is 1. The molecular weight excluding hydrogens is 349 g/mol. The third-order valence-corrected chi connectivity index (χ3v) is 4.85. The molecule has 27 heavy (non-hydrogen) atoms. The summed E-state index contributed by atoms with van der Waals surface area (Å²) in [5, 5.41) is 10.9. The molecule has 1 fully saturated rings. The Hall–Kier alpha value is -2.60. The van der Waals surface area contributed by atoms with Crippen LogP contribution in [0.5, 0.6) is 11.5 Å². The first-order chi connectivity index (χ1) is 13.0. The van der Waals surface area contributed by atoms with Gasteiger partial charge in [-0.25, -0.2) is 4.39 Å². The van der Waals surface area contributed by atoms with Gasteiger partial charge >= 0.3 is 0 Å². The number of ether oxygens (including phenoxy) is 2. The third kappa shape index (κ3) is 4.77. The van der Waals surface area contributed by atoms with Gasteiger partial charge in [-0.05, 0) is 49.6 Å². The van der Waals surface area contributed by atoms with Crippen LogP contribution in [0.4, 0.5) is 4.39 Å². The van der Waals surface area contributed by atoms with E-state index in [0.717, 1.165) is 0 Å². The number of benzene rings is 2. The van der Waals surface area contributed by atoms with Crippen molar-refractivity contribution in [3.05, 3.63) is 59.9 Å². The summed E-state index contributed by atoms with van der Waals surface area (Å²) in [4.78, 5) is 14.4. The number of rotatable bonds is 5. The summed E-state index contributed by atoms with van der Waals surface area (Å²) in [5.74, 6) is 0.00221. The van der Waals surface area contributed by atoms with Crippen LogP contribution in [-0.2, 0) is 0 Å². The highest BCUT2D eigenvalue weighted by Gasteiger charge is 2.32. The lowest BCUT2D eigenvalue weighted by Crippen LogP contribution is -2.38. The summed E-state index contributed by atoms with van der Waals surface area (Å²) in [6.07, 6.45) is 1.60. The SMILES string of the molecule is COc1ccc(C(=O)N2CCCC(O)(COc3ccccc3)CC2)cc1F. The standard InChI is InChI=1S/C21H24FNO4/c1-26-19-9-8-16(14-18(19)22)20(24)23-12-5-10-21(25,11-13-23)15-27-17-6-3-2-4-7-17/h2-4,6-9,14,25H,5,10-13,15H2,1H3. The summed E-state index contributed by atoms with van der Waals surface area (Å²) in [6, 6.07) is 13.5. The second-order valence-electron chi connectivity index (χ2n) is 6.82. The zero-order valence-corrected chi connectivity index (χ0v) is 15.4. The van der Waals surface area contributed by atoms with E-state index < -0.39 is 11.4 Å². The second kappa shape index (κ2) is 8.39. The van der Waals surface area contributed by atoms with Crippen LogP contribution in [0.3, 0.4) is 0 Å². The minimum atomic E-state index is -0.990. The fraction of sp³-hybridized carbons (Fsp3) is 0.381. The summed E-state index contributed by atoms with van der Waals surface area (Å²) in [5.41, 5.74) is -0.713. The highest BCUT2D eigenvalue weighted by atomic mass is 19.1. The molecule has 0 aromatic heterocycles. The molecule has 5 nitrogen and oxygen atoms in total. The van der Waals surface area contributed by atoms with Gasteiger partial charge in [-0.1, -0.05) is 18.2 Å². The first kappa shape index (κ1) is 19.2. The first-order valence-electron chi connectivity index (χ1n) is 9.04. The van der Waals surface area contributed by atoms with Gasteiger partial charge in [0.25, 0.3) is 5.91 Å². The molecule has 1 unspecified atom stereocenters. The van der Waals surface area contributed by atoms with Crippen molar-refractivity contribution >= 4 is 5.91 Å². The number of carbonyl (C=O) groups excluding carboxylic acids is 1. The minimum absolute atomic E-state index is 0.106. The van der Waals surface area contributed by atoms with Crippen LogP contribution in [0.2, 0.25) is 0 Å². The van der Waals surface area contributed by atoms with Crippen LogP contribution in [0.1, 0.15) is 29.6 Å². The Labute approximate surface area is 158 Å². The Bertz CT molecular complexity index is 783. The molecule has 1 atom stereocenters. The fourth-order valence-corrected chi connectivity index (χ4v) is 3.24. The van der Waals surface area contributed by atoms with E-state index in [4.69, 9.17) is 9.47 Å². The maximum absolute atomic E-state index is 13.9. The number of likely N-dealkylation sites (tertiary alicyclic amines) is 1. The zero-order chi connectivity index (χ0) is 19.3. The van der Waals surface area contributed by atoms with Crippen molar-refractivity contribution in [3.63, 3.8) is 0 Å². The first-order valence-corrected chi connectivity index (χ1v) is 9.04. The van der Waals surface area contributed by atoms with Gasteiger partial charge in [-0.2, -0.15) is 0 Å². The van der Waals surface area contributed by atoms with E-state index in [1.807, 2.05) is 30.3 Å². The maximum atomic E-state index is 13.9. The van der Waals surface area contributed by atoms with Crippen LogP contribution in [-0.4, -0.2) is 48.3 Å². The topological polar surface area (TPSA) is 59.0 Å². The summed E-state index contributed by atoms with van der Waals surface area (Å²) >= 11 is 0. The predicted molar refractivity (Wildman–Crippen MR) is 99.6 cm³/mol. The van der Waals surface area contributed by atoms with Gasteiger partial charge in [0.05, 0.1) is 7.11 Å². The average molecular weight is 373 g/mol. The maximum Gasteiger partial charge on any atom is 0.253 e. The molecule has 6 heteroatoms. The van der Waals surface area contributed by atoms with Crippen molar-refractivity contribution in [3.8, 4) is 11.5 Å². The van der Waals surface area contributed by atoms with Crippen LogP contribution >= 0.6 is 0 Å². The smallest absolute Gasteiger partial charge is 0.253 e. The molecule has 1 amide bonds. The van der Waals surface area contributed by atoms with Gasteiger partial charge in [0, 0.05) is 18.7 Å². The van der Waals surface area contributed by atoms with Crippen LogP contribution < -0.4 is 9.47 Å². The molecule has 1 saturated heterocycles. The van der Waals surface area contributed by atoms with Crippen molar-refractivity contribution in [1.29, 1.82) is 0 Å². The lowest BCUT2D eigenvalue weighted by Gasteiger charge is -2.27. The van der Waals surface area contributed by atoms with Crippen molar-refractivity contribution in [2.75, 3.05) is 26.8 Å². The molecule has 0 radical (unpaired) electrons. The number of halogens is 1. The predicted octanol–water partition coefficient (Wildman–Crippen LogP) is 3.27. The van der Waals surface area contributed by atoms with Crippen molar-refractivity contribution < 1.29 is 23.8 Å². The lowest BCUT2D eigenvalue weighted by molar-refractivity contribution is -0.0163. The lowest BCUT2D eigenvalue weighted by atomic mass is 9.96. The number of carbonyl (C=O) groups is 1. The highest BCUT2D eigenvalue weighted by Crippen LogP contribution is 2.25. The van der Waals surface area contributed by atoms with Gasteiger partial charge < -0.3 is 19.5 Å². The number of methoxy groups -OCH3 is 1. The number of hydrogen-bond acceptors (Lipinski definition) is 4. The van der Waals surface area contributed by atoms with E-state index in [2.05, 4.69) is 0 Å². The quantitative estimate of drug-likeness (QED) is 0.874. The summed E-state index contributed by atoms with van der Waals surface area (Å²) in [6.45, 7) is 1.08. The Balaban J connectivity index is 1.61. The largest absolute Gasteiger partial charge is 0.494 e. The Kier molecular flexibility index (Phi) is 5.96. The second-order valence-corrected chi connectivity index (χ2v) is 6.82. The molecule has 1 aliphatic heterocycles. The van der Waals surface area contributed by atoms with Crippen molar-refractivity contribution in [1.82, 2.24) is 4.90 Å². The van der Waals surface area contributed by atoms with Gasteiger partial charge in [0.2, 0.25) is 0 Å².